The molecular weight excluding hydrogens is 277 g/mol. The van der Waals surface area contributed by atoms with Crippen LogP contribution in [0.3, 0.4) is 0 Å². The molecule has 0 aromatic heterocycles. The van der Waals surface area contributed by atoms with Gasteiger partial charge in [-0.05, 0) is 33.3 Å². The molecule has 0 aromatic rings. The third-order valence-electron chi connectivity index (χ3n) is 2.99. The van der Waals surface area contributed by atoms with Gasteiger partial charge in [0.2, 0.25) is 0 Å². The van der Waals surface area contributed by atoms with Crippen molar-refractivity contribution in [3.8, 4) is 0 Å². The molecule has 0 saturated carbocycles. The molecule has 0 bridgehead atoms. The third kappa shape index (κ3) is 6.04. The Morgan fingerprint density at radius 3 is 2.05 bits per heavy atom. The lowest BCUT2D eigenvalue weighted by atomic mass is 10.2. The van der Waals surface area contributed by atoms with E-state index >= 15 is 0 Å². The number of aliphatic imine (C=N–C) groups is 2. The van der Waals surface area contributed by atoms with Gasteiger partial charge in [-0.1, -0.05) is 25.8 Å². The normalized spacial score (nSPS) is 12.3. The quantitative estimate of drug-likeness (QED) is 0.489. The minimum atomic E-state index is -0.429. The van der Waals surface area contributed by atoms with Crippen LogP contribution >= 0.6 is 0 Å². The van der Waals surface area contributed by atoms with Crippen molar-refractivity contribution in [2.24, 2.45) is 9.98 Å². The highest BCUT2D eigenvalue weighted by Crippen LogP contribution is 2.18. The average Bonchev–Trinajstić information content (AvgIpc) is 2.47. The number of halogens is 1. The Morgan fingerprint density at radius 1 is 1.09 bits per heavy atom. The van der Waals surface area contributed by atoms with Crippen molar-refractivity contribution in [1.82, 2.24) is 4.90 Å². The van der Waals surface area contributed by atoms with Crippen molar-refractivity contribution in [2.45, 2.75) is 27.7 Å². The maximum atomic E-state index is 13.4. The summed E-state index contributed by atoms with van der Waals surface area (Å²) in [6.45, 7) is 18.7. The van der Waals surface area contributed by atoms with Gasteiger partial charge in [0.25, 0.3) is 0 Å². The molecule has 0 rings (SSSR count). The maximum Gasteiger partial charge on any atom is 0.127 e. The van der Waals surface area contributed by atoms with Crippen molar-refractivity contribution in [3.05, 3.63) is 59.9 Å². The predicted molar refractivity (Wildman–Crippen MR) is 95.9 cm³/mol. The molecule has 0 aliphatic rings. The highest BCUT2D eigenvalue weighted by molar-refractivity contribution is 6.00. The van der Waals surface area contributed by atoms with Gasteiger partial charge in [0.05, 0.1) is 29.0 Å². The highest BCUT2D eigenvalue weighted by atomic mass is 19.1. The predicted octanol–water partition coefficient (Wildman–Crippen LogP) is 4.83. The molecule has 0 spiro atoms. The van der Waals surface area contributed by atoms with E-state index in [9.17, 15) is 4.39 Å². The highest BCUT2D eigenvalue weighted by Gasteiger charge is 2.05. The molecule has 0 aliphatic heterocycles. The number of nitrogens with zero attached hydrogens (tertiary/aromatic N) is 3. The molecule has 0 amide bonds. The van der Waals surface area contributed by atoms with Crippen molar-refractivity contribution in [3.63, 3.8) is 0 Å². The summed E-state index contributed by atoms with van der Waals surface area (Å²) in [7, 11) is 3.81. The Kier molecular flexibility index (Phi) is 8.02. The molecule has 0 fully saturated rings. The Hall–Kier alpha value is -2.23. The van der Waals surface area contributed by atoms with Crippen LogP contribution in [0, 0.1) is 0 Å². The fourth-order valence-corrected chi connectivity index (χ4v) is 1.37. The standard InChI is InChI=1S/C18H26FN3/c1-10-17(19)13(4)14(5)20-11-18(12(2)3)21-15(6)16(7)22(8)9/h10-11H,4-5,7H2,1-3,6,8-9H3/b17-10+,20-11-,21-15+. The zero-order valence-corrected chi connectivity index (χ0v) is 14.5. The van der Waals surface area contributed by atoms with E-state index in [2.05, 4.69) is 29.7 Å². The summed E-state index contributed by atoms with van der Waals surface area (Å²) in [5, 5.41) is 0. The number of allylic oxidation sites excluding steroid dienone is 5. The fraction of sp³-hybridized carbons (Fsp3) is 0.333. The van der Waals surface area contributed by atoms with E-state index in [-0.39, 0.29) is 11.3 Å². The summed E-state index contributed by atoms with van der Waals surface area (Å²) >= 11 is 0. The summed E-state index contributed by atoms with van der Waals surface area (Å²) in [5.41, 5.74) is 3.72. The van der Waals surface area contributed by atoms with Crippen LogP contribution in [0.1, 0.15) is 27.7 Å². The molecule has 0 N–H and O–H groups in total. The van der Waals surface area contributed by atoms with E-state index in [0.29, 0.717) is 5.70 Å². The molecular formula is C18H26FN3. The molecule has 0 saturated heterocycles. The number of hydrogen-bond donors (Lipinski definition) is 0. The zero-order valence-electron chi connectivity index (χ0n) is 14.5. The van der Waals surface area contributed by atoms with Gasteiger partial charge >= 0.3 is 0 Å². The fourth-order valence-electron chi connectivity index (χ4n) is 1.37. The van der Waals surface area contributed by atoms with Crippen molar-refractivity contribution in [2.75, 3.05) is 14.1 Å². The SMILES string of the molecule is C=C(/N=C\C(/N=C(\C)C(=C)N(C)C)=C(C)C)C(=C)/C(F)=C\C. The first-order valence-corrected chi connectivity index (χ1v) is 6.95. The van der Waals surface area contributed by atoms with Gasteiger partial charge in [0.15, 0.2) is 0 Å². The first-order chi connectivity index (χ1) is 10.1. The second kappa shape index (κ2) is 8.93. The summed E-state index contributed by atoms with van der Waals surface area (Å²) < 4.78 is 13.4. The molecule has 120 valence electrons. The van der Waals surface area contributed by atoms with Crippen LogP contribution in [0.25, 0.3) is 0 Å². The topological polar surface area (TPSA) is 28.0 Å². The molecule has 0 unspecified atom stereocenters. The van der Waals surface area contributed by atoms with Gasteiger partial charge in [0.1, 0.15) is 5.83 Å². The van der Waals surface area contributed by atoms with Gasteiger partial charge in [-0.25, -0.2) is 4.39 Å². The van der Waals surface area contributed by atoms with Crippen LogP contribution in [-0.2, 0) is 0 Å². The van der Waals surface area contributed by atoms with Crippen LogP contribution in [0.2, 0.25) is 0 Å². The number of rotatable bonds is 7. The van der Waals surface area contributed by atoms with Crippen LogP contribution in [0.15, 0.2) is 69.9 Å². The zero-order chi connectivity index (χ0) is 17.4. The lowest BCUT2D eigenvalue weighted by molar-refractivity contribution is 0.541. The minimum Gasteiger partial charge on any atom is -0.377 e. The van der Waals surface area contributed by atoms with Gasteiger partial charge in [-0.3, -0.25) is 9.98 Å². The van der Waals surface area contributed by atoms with Gasteiger partial charge in [0, 0.05) is 19.7 Å². The van der Waals surface area contributed by atoms with Crippen LogP contribution in [0.4, 0.5) is 4.39 Å². The van der Waals surface area contributed by atoms with Crippen molar-refractivity contribution in [1.29, 1.82) is 0 Å². The van der Waals surface area contributed by atoms with E-state index in [4.69, 9.17) is 0 Å². The van der Waals surface area contributed by atoms with Gasteiger partial charge in [-0.2, -0.15) is 0 Å². The van der Waals surface area contributed by atoms with Crippen LogP contribution < -0.4 is 0 Å². The van der Waals surface area contributed by atoms with E-state index in [1.807, 2.05) is 39.8 Å². The second-order valence-corrected chi connectivity index (χ2v) is 5.24. The largest absolute Gasteiger partial charge is 0.377 e. The van der Waals surface area contributed by atoms with E-state index in [1.165, 1.54) is 6.08 Å². The monoisotopic (exact) mass is 303 g/mol. The van der Waals surface area contributed by atoms with Crippen LogP contribution in [0.5, 0.6) is 0 Å². The molecule has 3 nitrogen and oxygen atoms in total. The van der Waals surface area contributed by atoms with Gasteiger partial charge in [-0.15, -0.1) is 0 Å². The molecule has 4 heteroatoms. The average molecular weight is 303 g/mol. The van der Waals surface area contributed by atoms with E-state index in [0.717, 1.165) is 17.0 Å². The Morgan fingerprint density at radius 2 is 1.64 bits per heavy atom. The molecule has 0 aromatic carbocycles. The Labute approximate surface area is 133 Å². The molecule has 0 aliphatic carbocycles. The maximum absolute atomic E-state index is 13.4. The summed E-state index contributed by atoms with van der Waals surface area (Å²) in [5.74, 6) is -0.429. The molecule has 22 heavy (non-hydrogen) atoms. The van der Waals surface area contributed by atoms with Crippen LogP contribution in [-0.4, -0.2) is 30.9 Å². The van der Waals surface area contributed by atoms with E-state index < -0.39 is 5.83 Å². The molecule has 0 atom stereocenters. The van der Waals surface area contributed by atoms with E-state index in [1.54, 1.807) is 13.1 Å². The Bertz CT molecular complexity index is 583. The lowest BCUT2D eigenvalue weighted by Crippen LogP contribution is -2.16. The third-order valence-corrected chi connectivity index (χ3v) is 2.99. The van der Waals surface area contributed by atoms with Crippen molar-refractivity contribution < 1.29 is 4.39 Å². The Balaban J connectivity index is 5.36. The smallest absolute Gasteiger partial charge is 0.127 e. The second-order valence-electron chi connectivity index (χ2n) is 5.24. The lowest BCUT2D eigenvalue weighted by Gasteiger charge is -2.15. The first-order valence-electron chi connectivity index (χ1n) is 6.95. The molecule has 0 radical (unpaired) electrons. The molecule has 0 heterocycles. The minimum absolute atomic E-state index is 0.172. The van der Waals surface area contributed by atoms with Gasteiger partial charge < -0.3 is 4.90 Å². The summed E-state index contributed by atoms with van der Waals surface area (Å²) in [6, 6.07) is 0. The number of hydrogen-bond acceptors (Lipinski definition) is 3. The first kappa shape index (κ1) is 19.8. The summed E-state index contributed by atoms with van der Waals surface area (Å²) in [6.07, 6.45) is 2.90. The van der Waals surface area contributed by atoms with Crippen molar-refractivity contribution >= 4 is 11.9 Å². The summed E-state index contributed by atoms with van der Waals surface area (Å²) in [4.78, 5) is 10.6.